The lowest BCUT2D eigenvalue weighted by Crippen LogP contribution is -1.97. The van der Waals surface area contributed by atoms with Crippen molar-refractivity contribution in [2.45, 2.75) is 20.1 Å². The Kier molecular flexibility index (Phi) is 4.26. The fourth-order valence-corrected chi connectivity index (χ4v) is 3.07. The standard InChI is InChI=1S/C15H18N4O2S/c1-10-14(13-6-7-19(2)18-13)22-15(17-10)16-8-11-4-5-12(21-11)9-20-3/h4-7H,8-9H2,1-3H3,(H,16,17). The maximum Gasteiger partial charge on any atom is 0.183 e. The van der Waals surface area contributed by atoms with E-state index >= 15 is 0 Å². The van der Waals surface area contributed by atoms with Crippen molar-refractivity contribution in [3.8, 4) is 10.6 Å². The largest absolute Gasteiger partial charge is 0.462 e. The molecule has 116 valence electrons. The van der Waals surface area contributed by atoms with Crippen LogP contribution in [-0.2, 0) is 24.9 Å². The second-order valence-corrected chi connectivity index (χ2v) is 5.96. The molecule has 22 heavy (non-hydrogen) atoms. The second-order valence-electron chi connectivity index (χ2n) is 4.96. The number of aryl methyl sites for hydroxylation is 2. The highest BCUT2D eigenvalue weighted by atomic mass is 32.1. The number of thiazole rings is 1. The molecule has 0 fully saturated rings. The Morgan fingerprint density at radius 1 is 1.32 bits per heavy atom. The third-order valence-corrected chi connectivity index (χ3v) is 4.30. The van der Waals surface area contributed by atoms with E-state index in [-0.39, 0.29) is 0 Å². The summed E-state index contributed by atoms with van der Waals surface area (Å²) in [5.74, 6) is 1.68. The number of nitrogens with one attached hydrogen (secondary N) is 1. The molecule has 0 aliphatic rings. The van der Waals surface area contributed by atoms with Gasteiger partial charge < -0.3 is 14.5 Å². The Labute approximate surface area is 132 Å². The van der Waals surface area contributed by atoms with Crippen molar-refractivity contribution in [3.63, 3.8) is 0 Å². The Balaban J connectivity index is 1.68. The third-order valence-electron chi connectivity index (χ3n) is 3.16. The molecule has 7 heteroatoms. The van der Waals surface area contributed by atoms with Crippen molar-refractivity contribution in [1.82, 2.24) is 14.8 Å². The summed E-state index contributed by atoms with van der Waals surface area (Å²) < 4.78 is 12.5. The van der Waals surface area contributed by atoms with Gasteiger partial charge in [0.25, 0.3) is 0 Å². The molecule has 0 spiro atoms. The van der Waals surface area contributed by atoms with Gasteiger partial charge in [0.05, 0.1) is 17.1 Å². The Hall–Kier alpha value is -2.12. The normalized spacial score (nSPS) is 11.0. The van der Waals surface area contributed by atoms with Crippen molar-refractivity contribution < 1.29 is 9.15 Å². The predicted octanol–water partition coefficient (Wildman–Crippen LogP) is 3.20. The number of ether oxygens (including phenoxy) is 1. The van der Waals surface area contributed by atoms with Gasteiger partial charge in [-0.2, -0.15) is 5.10 Å². The molecule has 0 aliphatic heterocycles. The molecule has 0 aliphatic carbocycles. The van der Waals surface area contributed by atoms with Gasteiger partial charge in [0.2, 0.25) is 0 Å². The van der Waals surface area contributed by atoms with Gasteiger partial charge in [0.1, 0.15) is 23.8 Å². The molecule has 0 amide bonds. The van der Waals surface area contributed by atoms with Gasteiger partial charge in [-0.3, -0.25) is 4.68 Å². The molecule has 3 aromatic rings. The minimum atomic E-state index is 0.486. The van der Waals surface area contributed by atoms with Crippen molar-refractivity contribution in [3.05, 3.63) is 41.6 Å². The van der Waals surface area contributed by atoms with E-state index in [1.54, 1.807) is 23.1 Å². The van der Waals surface area contributed by atoms with Crippen LogP contribution in [0.4, 0.5) is 5.13 Å². The summed E-state index contributed by atoms with van der Waals surface area (Å²) in [6.45, 7) is 3.08. The van der Waals surface area contributed by atoms with E-state index < -0.39 is 0 Å². The SMILES string of the molecule is COCc1ccc(CNc2nc(C)c(-c3ccn(C)n3)s2)o1. The van der Waals surface area contributed by atoms with Crippen LogP contribution in [0.3, 0.4) is 0 Å². The van der Waals surface area contributed by atoms with Crippen LogP contribution in [0.25, 0.3) is 10.6 Å². The molecule has 1 N–H and O–H groups in total. The number of nitrogens with zero attached hydrogens (tertiary/aromatic N) is 3. The highest BCUT2D eigenvalue weighted by Crippen LogP contribution is 2.31. The van der Waals surface area contributed by atoms with Gasteiger partial charge in [-0.05, 0) is 25.1 Å². The third kappa shape index (κ3) is 3.20. The number of hydrogen-bond donors (Lipinski definition) is 1. The van der Waals surface area contributed by atoms with Crippen LogP contribution < -0.4 is 5.32 Å². The molecular weight excluding hydrogens is 300 g/mol. The number of rotatable bonds is 6. The van der Waals surface area contributed by atoms with Gasteiger partial charge in [0, 0.05) is 20.4 Å². The molecule has 3 rings (SSSR count). The first-order valence-electron chi connectivity index (χ1n) is 6.93. The van der Waals surface area contributed by atoms with Crippen LogP contribution >= 0.6 is 11.3 Å². The van der Waals surface area contributed by atoms with Gasteiger partial charge in [0.15, 0.2) is 5.13 Å². The van der Waals surface area contributed by atoms with E-state index in [1.807, 2.05) is 38.4 Å². The summed E-state index contributed by atoms with van der Waals surface area (Å²) in [7, 11) is 3.56. The Bertz CT molecular complexity index is 759. The number of hydrogen-bond acceptors (Lipinski definition) is 6. The summed E-state index contributed by atoms with van der Waals surface area (Å²) in [5, 5.41) is 8.58. The van der Waals surface area contributed by atoms with E-state index in [0.29, 0.717) is 13.2 Å². The highest BCUT2D eigenvalue weighted by Gasteiger charge is 2.12. The quantitative estimate of drug-likeness (QED) is 0.756. The zero-order valence-corrected chi connectivity index (χ0v) is 13.6. The molecule has 0 bridgehead atoms. The first kappa shape index (κ1) is 14.8. The lowest BCUT2D eigenvalue weighted by Gasteiger charge is -1.99. The lowest BCUT2D eigenvalue weighted by molar-refractivity contribution is 0.163. The van der Waals surface area contributed by atoms with Gasteiger partial charge in [-0.1, -0.05) is 11.3 Å². The minimum Gasteiger partial charge on any atom is -0.462 e. The molecule has 0 unspecified atom stereocenters. The minimum absolute atomic E-state index is 0.486. The lowest BCUT2D eigenvalue weighted by atomic mass is 10.3. The molecule has 0 radical (unpaired) electrons. The molecule has 0 saturated heterocycles. The summed E-state index contributed by atoms with van der Waals surface area (Å²) in [6, 6.07) is 5.86. The molecule has 3 heterocycles. The molecule has 6 nitrogen and oxygen atoms in total. The molecule has 3 aromatic heterocycles. The van der Waals surface area contributed by atoms with E-state index in [1.165, 1.54) is 0 Å². The zero-order valence-electron chi connectivity index (χ0n) is 12.8. The highest BCUT2D eigenvalue weighted by molar-refractivity contribution is 7.19. The molecule has 0 atom stereocenters. The Morgan fingerprint density at radius 2 is 2.14 bits per heavy atom. The van der Waals surface area contributed by atoms with Crippen LogP contribution in [0, 0.1) is 6.92 Å². The van der Waals surface area contributed by atoms with Crippen LogP contribution in [0.15, 0.2) is 28.8 Å². The fourth-order valence-electron chi connectivity index (χ4n) is 2.15. The maximum absolute atomic E-state index is 5.64. The van der Waals surface area contributed by atoms with Crippen LogP contribution in [0.1, 0.15) is 17.2 Å². The predicted molar refractivity (Wildman–Crippen MR) is 85.8 cm³/mol. The van der Waals surface area contributed by atoms with Crippen molar-refractivity contribution >= 4 is 16.5 Å². The van der Waals surface area contributed by atoms with Crippen LogP contribution in [0.2, 0.25) is 0 Å². The zero-order chi connectivity index (χ0) is 15.5. The van der Waals surface area contributed by atoms with Crippen LogP contribution in [0.5, 0.6) is 0 Å². The van der Waals surface area contributed by atoms with Gasteiger partial charge in [-0.15, -0.1) is 0 Å². The second kappa shape index (κ2) is 6.33. The van der Waals surface area contributed by atoms with Crippen LogP contribution in [-0.4, -0.2) is 21.9 Å². The maximum atomic E-state index is 5.64. The molecular formula is C15H18N4O2S. The van der Waals surface area contributed by atoms with Crippen molar-refractivity contribution in [2.24, 2.45) is 7.05 Å². The number of methoxy groups -OCH3 is 1. The fraction of sp³-hybridized carbons (Fsp3) is 0.333. The number of furan rings is 1. The van der Waals surface area contributed by atoms with E-state index in [9.17, 15) is 0 Å². The van der Waals surface area contributed by atoms with E-state index in [0.717, 1.165) is 32.9 Å². The first-order chi connectivity index (χ1) is 10.7. The topological polar surface area (TPSA) is 65.1 Å². The summed E-state index contributed by atoms with van der Waals surface area (Å²) >= 11 is 1.60. The van der Waals surface area contributed by atoms with E-state index in [2.05, 4.69) is 15.4 Å². The van der Waals surface area contributed by atoms with Crippen molar-refractivity contribution in [1.29, 1.82) is 0 Å². The van der Waals surface area contributed by atoms with Crippen molar-refractivity contribution in [2.75, 3.05) is 12.4 Å². The van der Waals surface area contributed by atoms with E-state index in [4.69, 9.17) is 9.15 Å². The summed E-state index contributed by atoms with van der Waals surface area (Å²) in [4.78, 5) is 5.63. The smallest absolute Gasteiger partial charge is 0.183 e. The molecule has 0 saturated carbocycles. The van der Waals surface area contributed by atoms with Gasteiger partial charge >= 0.3 is 0 Å². The van der Waals surface area contributed by atoms with Gasteiger partial charge in [-0.25, -0.2) is 4.98 Å². The Morgan fingerprint density at radius 3 is 2.86 bits per heavy atom. The summed E-state index contributed by atoms with van der Waals surface area (Å²) in [6.07, 6.45) is 1.93. The number of aromatic nitrogens is 3. The monoisotopic (exact) mass is 318 g/mol. The number of anilines is 1. The average Bonchev–Trinajstić information content (AvgIpc) is 3.18. The average molecular weight is 318 g/mol. The summed E-state index contributed by atoms with van der Waals surface area (Å²) in [5.41, 5.74) is 1.93. The first-order valence-corrected chi connectivity index (χ1v) is 7.75. The molecule has 0 aromatic carbocycles.